The van der Waals surface area contributed by atoms with Crippen LogP contribution in [0.2, 0.25) is 0 Å². The van der Waals surface area contributed by atoms with Crippen LogP contribution < -0.4 is 0 Å². The van der Waals surface area contributed by atoms with Crippen LogP contribution in [0.5, 0.6) is 0 Å². The minimum Gasteiger partial charge on any atom is -0.392 e. The van der Waals surface area contributed by atoms with Crippen LogP contribution in [-0.4, -0.2) is 10.1 Å². The molecular formula is C12H9BrFNOS. The number of aromatic nitrogens is 1. The first-order valence-electron chi connectivity index (χ1n) is 4.88. The molecule has 2 nitrogen and oxygen atoms in total. The summed E-state index contributed by atoms with van der Waals surface area (Å²) < 4.78 is 14.3. The molecule has 0 fully saturated rings. The number of rotatable bonds is 3. The second-order valence-corrected chi connectivity index (χ2v) is 5.27. The average Bonchev–Trinajstić information content (AvgIpc) is 2.32. The third kappa shape index (κ3) is 3.06. The molecule has 1 heterocycles. The van der Waals surface area contributed by atoms with Crippen molar-refractivity contribution < 1.29 is 9.50 Å². The lowest BCUT2D eigenvalue weighted by Crippen LogP contribution is -1.93. The van der Waals surface area contributed by atoms with E-state index < -0.39 is 5.82 Å². The smallest absolute Gasteiger partial charge is 0.129 e. The first-order valence-corrected chi connectivity index (χ1v) is 6.49. The van der Waals surface area contributed by atoms with Gasteiger partial charge in [-0.1, -0.05) is 17.8 Å². The minimum absolute atomic E-state index is 0.308. The van der Waals surface area contributed by atoms with Crippen molar-refractivity contribution in [1.29, 1.82) is 0 Å². The highest BCUT2D eigenvalue weighted by Gasteiger charge is 2.09. The Hall–Kier alpha value is -0.910. The fourth-order valence-electron chi connectivity index (χ4n) is 1.32. The molecule has 0 saturated carbocycles. The lowest BCUT2D eigenvalue weighted by atomic mass is 10.2. The Labute approximate surface area is 111 Å². The number of aliphatic hydroxyl groups is 1. The second kappa shape index (κ2) is 5.62. The van der Waals surface area contributed by atoms with Crippen LogP contribution in [0.15, 0.2) is 50.9 Å². The van der Waals surface area contributed by atoms with E-state index in [0.29, 0.717) is 10.5 Å². The van der Waals surface area contributed by atoms with E-state index in [2.05, 4.69) is 20.9 Å². The summed E-state index contributed by atoms with van der Waals surface area (Å²) in [5.41, 5.74) is 0.308. The molecule has 0 radical (unpaired) electrons. The molecule has 1 aromatic heterocycles. The maximum atomic E-state index is 13.4. The summed E-state index contributed by atoms with van der Waals surface area (Å²) in [5, 5.41) is 9.90. The highest BCUT2D eigenvalue weighted by atomic mass is 79.9. The van der Waals surface area contributed by atoms with Gasteiger partial charge in [-0.15, -0.1) is 0 Å². The van der Waals surface area contributed by atoms with Gasteiger partial charge in [0.2, 0.25) is 0 Å². The van der Waals surface area contributed by atoms with Crippen molar-refractivity contribution in [2.24, 2.45) is 0 Å². The molecule has 0 atom stereocenters. The third-order valence-corrected chi connectivity index (χ3v) is 3.67. The van der Waals surface area contributed by atoms with Gasteiger partial charge in [0.15, 0.2) is 0 Å². The van der Waals surface area contributed by atoms with E-state index in [4.69, 9.17) is 5.11 Å². The number of nitrogens with zero attached hydrogens (tertiary/aromatic N) is 1. The van der Waals surface area contributed by atoms with Gasteiger partial charge in [-0.2, -0.15) is 0 Å². The number of benzene rings is 1. The Balaban J connectivity index is 2.29. The fourth-order valence-corrected chi connectivity index (χ4v) is 2.46. The minimum atomic E-state index is -0.394. The first-order chi connectivity index (χ1) is 8.20. The third-order valence-electron chi connectivity index (χ3n) is 2.15. The molecule has 1 N–H and O–H groups in total. The van der Waals surface area contributed by atoms with Crippen LogP contribution in [0, 0.1) is 5.82 Å². The Kier molecular flexibility index (Phi) is 4.15. The van der Waals surface area contributed by atoms with Gasteiger partial charge in [-0.05, 0) is 40.2 Å². The van der Waals surface area contributed by atoms with Crippen LogP contribution >= 0.6 is 27.7 Å². The SMILES string of the molecule is OCc1c(F)cccc1Sc1ccc(Br)cn1. The molecule has 2 aromatic rings. The number of aliphatic hydroxyl groups excluding tert-OH is 1. The highest BCUT2D eigenvalue weighted by Crippen LogP contribution is 2.30. The predicted molar refractivity (Wildman–Crippen MR) is 68.4 cm³/mol. The van der Waals surface area contributed by atoms with Gasteiger partial charge in [0.1, 0.15) is 10.8 Å². The molecule has 0 aliphatic carbocycles. The summed E-state index contributed by atoms with van der Waals surface area (Å²) in [4.78, 5) is 4.87. The standard InChI is InChI=1S/C12H9BrFNOS/c13-8-4-5-12(15-6-8)17-11-3-1-2-10(14)9(11)7-16/h1-6,16H,7H2. The summed E-state index contributed by atoms with van der Waals surface area (Å²) in [7, 11) is 0. The molecule has 17 heavy (non-hydrogen) atoms. The summed E-state index contributed by atoms with van der Waals surface area (Å²) in [6.45, 7) is -0.314. The maximum Gasteiger partial charge on any atom is 0.129 e. The molecule has 0 aliphatic heterocycles. The number of hydrogen-bond acceptors (Lipinski definition) is 3. The van der Waals surface area contributed by atoms with Gasteiger partial charge < -0.3 is 5.11 Å². The molecule has 88 valence electrons. The molecule has 0 amide bonds. The molecule has 0 aliphatic rings. The predicted octanol–water partition coefficient (Wildman–Crippen LogP) is 3.63. The zero-order valence-corrected chi connectivity index (χ0v) is 11.1. The average molecular weight is 314 g/mol. The van der Waals surface area contributed by atoms with Crippen molar-refractivity contribution in [3.63, 3.8) is 0 Å². The monoisotopic (exact) mass is 313 g/mol. The molecule has 0 spiro atoms. The quantitative estimate of drug-likeness (QED) is 0.939. The van der Waals surface area contributed by atoms with Gasteiger partial charge >= 0.3 is 0 Å². The molecule has 1 aromatic carbocycles. The summed E-state index contributed by atoms with van der Waals surface area (Å²) >= 11 is 4.63. The molecular weight excluding hydrogens is 305 g/mol. The van der Waals surface area contributed by atoms with Crippen molar-refractivity contribution in [2.45, 2.75) is 16.5 Å². The second-order valence-electron chi connectivity index (χ2n) is 3.29. The van der Waals surface area contributed by atoms with Crippen LogP contribution in [0.1, 0.15) is 5.56 Å². The van der Waals surface area contributed by atoms with Gasteiger partial charge in [-0.25, -0.2) is 9.37 Å². The van der Waals surface area contributed by atoms with Gasteiger partial charge in [0, 0.05) is 21.1 Å². The zero-order valence-electron chi connectivity index (χ0n) is 8.73. The Morgan fingerprint density at radius 1 is 1.29 bits per heavy atom. The van der Waals surface area contributed by atoms with Crippen molar-refractivity contribution in [3.8, 4) is 0 Å². The topological polar surface area (TPSA) is 33.1 Å². The van der Waals surface area contributed by atoms with Crippen LogP contribution in [0.25, 0.3) is 0 Å². The van der Waals surface area contributed by atoms with Crippen LogP contribution in [0.4, 0.5) is 4.39 Å². The summed E-state index contributed by atoms with van der Waals surface area (Å²) in [6.07, 6.45) is 1.68. The molecule has 0 unspecified atom stereocenters. The van der Waals surface area contributed by atoms with Gasteiger partial charge in [0.05, 0.1) is 6.61 Å². The number of halogens is 2. The molecule has 0 saturated heterocycles. The summed E-state index contributed by atoms with van der Waals surface area (Å²) in [5.74, 6) is -0.394. The first kappa shape index (κ1) is 12.5. The van der Waals surface area contributed by atoms with E-state index in [1.54, 1.807) is 18.3 Å². The van der Waals surface area contributed by atoms with E-state index in [9.17, 15) is 4.39 Å². The van der Waals surface area contributed by atoms with Gasteiger partial charge in [-0.3, -0.25) is 0 Å². The lowest BCUT2D eigenvalue weighted by molar-refractivity contribution is 0.272. The fraction of sp³-hybridized carbons (Fsp3) is 0.0833. The van der Waals surface area contributed by atoms with E-state index in [0.717, 1.165) is 9.50 Å². The van der Waals surface area contributed by atoms with Crippen molar-refractivity contribution in [3.05, 3.63) is 52.4 Å². The Morgan fingerprint density at radius 3 is 2.76 bits per heavy atom. The maximum absolute atomic E-state index is 13.4. The molecule has 0 bridgehead atoms. The normalized spacial score (nSPS) is 10.5. The molecule has 5 heteroatoms. The van der Waals surface area contributed by atoms with Crippen LogP contribution in [0.3, 0.4) is 0 Å². The van der Waals surface area contributed by atoms with E-state index in [-0.39, 0.29) is 6.61 Å². The lowest BCUT2D eigenvalue weighted by Gasteiger charge is -2.07. The van der Waals surface area contributed by atoms with Crippen LogP contribution in [-0.2, 0) is 6.61 Å². The van der Waals surface area contributed by atoms with E-state index in [1.165, 1.54) is 17.8 Å². The van der Waals surface area contributed by atoms with E-state index in [1.807, 2.05) is 12.1 Å². The van der Waals surface area contributed by atoms with Crippen molar-refractivity contribution >= 4 is 27.7 Å². The summed E-state index contributed by atoms with van der Waals surface area (Å²) in [6, 6.07) is 8.43. The number of hydrogen-bond donors (Lipinski definition) is 1. The largest absolute Gasteiger partial charge is 0.392 e. The Bertz CT molecular complexity index is 518. The zero-order chi connectivity index (χ0) is 12.3. The Morgan fingerprint density at radius 2 is 2.12 bits per heavy atom. The number of pyridine rings is 1. The van der Waals surface area contributed by atoms with Crippen molar-refractivity contribution in [2.75, 3.05) is 0 Å². The molecule has 2 rings (SSSR count). The van der Waals surface area contributed by atoms with E-state index >= 15 is 0 Å². The van der Waals surface area contributed by atoms with Crippen molar-refractivity contribution in [1.82, 2.24) is 4.98 Å². The highest BCUT2D eigenvalue weighted by molar-refractivity contribution is 9.10. The van der Waals surface area contributed by atoms with Gasteiger partial charge in [0.25, 0.3) is 0 Å².